The van der Waals surface area contributed by atoms with Crippen molar-refractivity contribution in [2.75, 3.05) is 20.3 Å². The van der Waals surface area contributed by atoms with Crippen LogP contribution in [0, 0.1) is 11.8 Å². The smallest absolute Gasteiger partial charge is 0.405 e. The number of halogens is 1. The number of amides is 2. The molecule has 3 unspecified atom stereocenters. The number of hydrogen-bond acceptors (Lipinski definition) is 4. The van der Waals surface area contributed by atoms with Crippen LogP contribution in [0.5, 0.6) is 0 Å². The van der Waals surface area contributed by atoms with Gasteiger partial charge in [0.05, 0.1) is 24.5 Å². The second-order valence-corrected chi connectivity index (χ2v) is 8.84. The predicted octanol–water partition coefficient (Wildman–Crippen LogP) is 3.67. The van der Waals surface area contributed by atoms with E-state index in [0.29, 0.717) is 25.4 Å². The zero-order valence-corrected chi connectivity index (χ0v) is 18.8. The molecule has 162 valence electrons. The van der Waals surface area contributed by atoms with E-state index in [-0.39, 0.29) is 23.8 Å². The van der Waals surface area contributed by atoms with Crippen molar-refractivity contribution >= 4 is 27.9 Å². The number of imidazole rings is 1. The topological polar surface area (TPSA) is 108 Å². The fraction of sp³-hybridized carbons (Fsp3) is 0.476. The zero-order chi connectivity index (χ0) is 21.8. The number of methoxy groups -OCH3 is 1. The summed E-state index contributed by atoms with van der Waals surface area (Å²) in [5.74, 6) is 0.434. The standard InChI is InChI=1S/C21H27BrN4O4/c1-12(2)18(25-21(28)29)20(27)26-10-13(11-30-3)8-17(26)19-23-9-16(24-19)14-4-6-15(22)7-5-14/h4-7,9,12-13,17-18,25H,8,10-11H2,1-3H3,(H,23,24)(H,28,29). The third kappa shape index (κ3) is 5.02. The van der Waals surface area contributed by atoms with Crippen molar-refractivity contribution in [3.63, 3.8) is 0 Å². The first-order valence-electron chi connectivity index (χ1n) is 9.89. The van der Waals surface area contributed by atoms with Crippen molar-refractivity contribution in [2.24, 2.45) is 11.8 Å². The van der Waals surface area contributed by atoms with Crippen LogP contribution in [-0.4, -0.2) is 58.3 Å². The highest BCUT2D eigenvalue weighted by atomic mass is 79.9. The fourth-order valence-corrected chi connectivity index (χ4v) is 4.15. The first-order valence-corrected chi connectivity index (χ1v) is 10.7. The molecule has 1 aromatic heterocycles. The summed E-state index contributed by atoms with van der Waals surface area (Å²) in [6.07, 6.45) is 1.26. The minimum Gasteiger partial charge on any atom is -0.465 e. The molecular formula is C21H27BrN4O4. The number of carboxylic acid groups (broad SMARTS) is 1. The maximum atomic E-state index is 13.3. The van der Waals surface area contributed by atoms with E-state index in [2.05, 4.69) is 31.2 Å². The third-order valence-electron chi connectivity index (χ3n) is 5.35. The molecular weight excluding hydrogens is 452 g/mol. The van der Waals surface area contributed by atoms with Crippen molar-refractivity contribution in [3.05, 3.63) is 40.8 Å². The Morgan fingerprint density at radius 2 is 2.07 bits per heavy atom. The summed E-state index contributed by atoms with van der Waals surface area (Å²) >= 11 is 3.43. The van der Waals surface area contributed by atoms with Gasteiger partial charge in [-0.1, -0.05) is 41.9 Å². The van der Waals surface area contributed by atoms with Crippen molar-refractivity contribution in [1.29, 1.82) is 0 Å². The molecule has 2 heterocycles. The van der Waals surface area contributed by atoms with Crippen LogP contribution < -0.4 is 5.32 Å². The van der Waals surface area contributed by atoms with E-state index >= 15 is 0 Å². The molecule has 30 heavy (non-hydrogen) atoms. The van der Waals surface area contributed by atoms with Crippen molar-refractivity contribution in [3.8, 4) is 11.3 Å². The lowest BCUT2D eigenvalue weighted by molar-refractivity contribution is -0.135. The lowest BCUT2D eigenvalue weighted by Crippen LogP contribution is -2.51. The number of rotatable bonds is 7. The molecule has 3 atom stereocenters. The number of nitrogens with zero attached hydrogens (tertiary/aromatic N) is 2. The minimum absolute atomic E-state index is 0.155. The average Bonchev–Trinajstić information content (AvgIpc) is 3.33. The van der Waals surface area contributed by atoms with Gasteiger partial charge in [-0.25, -0.2) is 9.78 Å². The van der Waals surface area contributed by atoms with Gasteiger partial charge in [-0.05, 0) is 30.0 Å². The van der Waals surface area contributed by atoms with E-state index in [1.54, 1.807) is 18.2 Å². The first kappa shape index (κ1) is 22.3. The number of aromatic nitrogens is 2. The number of hydrogen-bond donors (Lipinski definition) is 3. The van der Waals surface area contributed by atoms with Crippen LogP contribution in [-0.2, 0) is 9.53 Å². The Morgan fingerprint density at radius 3 is 2.67 bits per heavy atom. The highest BCUT2D eigenvalue weighted by Crippen LogP contribution is 2.36. The Morgan fingerprint density at radius 1 is 1.37 bits per heavy atom. The van der Waals surface area contributed by atoms with Crippen molar-refractivity contribution in [1.82, 2.24) is 20.2 Å². The van der Waals surface area contributed by atoms with Crippen molar-refractivity contribution in [2.45, 2.75) is 32.4 Å². The number of aromatic amines is 1. The van der Waals surface area contributed by atoms with E-state index < -0.39 is 12.1 Å². The van der Waals surface area contributed by atoms with Crippen LogP contribution in [0.2, 0.25) is 0 Å². The molecule has 1 saturated heterocycles. The van der Waals surface area contributed by atoms with Gasteiger partial charge in [0.25, 0.3) is 0 Å². The van der Waals surface area contributed by atoms with E-state index in [9.17, 15) is 9.59 Å². The third-order valence-corrected chi connectivity index (χ3v) is 5.88. The zero-order valence-electron chi connectivity index (χ0n) is 17.3. The molecule has 1 fully saturated rings. The Hall–Kier alpha value is -2.39. The van der Waals surface area contributed by atoms with Gasteiger partial charge < -0.3 is 25.0 Å². The van der Waals surface area contributed by atoms with Crippen LogP contribution in [0.4, 0.5) is 4.79 Å². The maximum absolute atomic E-state index is 13.3. The normalized spacial score (nSPS) is 19.8. The van der Waals surface area contributed by atoms with Gasteiger partial charge in [0.15, 0.2) is 0 Å². The lowest BCUT2D eigenvalue weighted by Gasteiger charge is -2.29. The SMILES string of the molecule is COCC1CC(c2ncc(-c3ccc(Br)cc3)[nH]2)N(C(=O)C(NC(=O)O)C(C)C)C1. The van der Waals surface area contributed by atoms with Crippen LogP contribution in [0.15, 0.2) is 34.9 Å². The lowest BCUT2D eigenvalue weighted by atomic mass is 10.0. The summed E-state index contributed by atoms with van der Waals surface area (Å²) in [5.41, 5.74) is 1.86. The number of benzene rings is 1. The summed E-state index contributed by atoms with van der Waals surface area (Å²) in [4.78, 5) is 34.1. The fourth-order valence-electron chi connectivity index (χ4n) is 3.89. The van der Waals surface area contributed by atoms with Crippen molar-refractivity contribution < 1.29 is 19.4 Å². The number of carbonyl (C=O) groups excluding carboxylic acids is 1. The van der Waals surface area contributed by atoms with Crippen LogP contribution in [0.3, 0.4) is 0 Å². The molecule has 0 spiro atoms. The van der Waals surface area contributed by atoms with Crippen LogP contribution in [0.1, 0.15) is 32.1 Å². The monoisotopic (exact) mass is 478 g/mol. The molecule has 1 aliphatic rings. The summed E-state index contributed by atoms with van der Waals surface area (Å²) < 4.78 is 6.31. The first-order chi connectivity index (χ1) is 14.3. The molecule has 0 radical (unpaired) electrons. The molecule has 1 aliphatic heterocycles. The molecule has 0 aliphatic carbocycles. The molecule has 0 saturated carbocycles. The molecule has 9 heteroatoms. The highest BCUT2D eigenvalue weighted by Gasteiger charge is 2.41. The van der Waals surface area contributed by atoms with Gasteiger partial charge in [0.1, 0.15) is 11.9 Å². The summed E-state index contributed by atoms with van der Waals surface area (Å²) in [5, 5.41) is 11.5. The summed E-state index contributed by atoms with van der Waals surface area (Å²) in [7, 11) is 1.64. The van der Waals surface area contributed by atoms with Crippen LogP contribution >= 0.6 is 15.9 Å². The Labute approximate surface area is 184 Å². The average molecular weight is 479 g/mol. The van der Waals surface area contributed by atoms with Crippen LogP contribution in [0.25, 0.3) is 11.3 Å². The molecule has 0 bridgehead atoms. The second-order valence-electron chi connectivity index (χ2n) is 7.92. The minimum atomic E-state index is -1.21. The van der Waals surface area contributed by atoms with E-state index in [4.69, 9.17) is 9.84 Å². The van der Waals surface area contributed by atoms with Gasteiger partial charge >= 0.3 is 6.09 Å². The van der Waals surface area contributed by atoms with Gasteiger partial charge in [-0.15, -0.1) is 0 Å². The predicted molar refractivity (Wildman–Crippen MR) is 116 cm³/mol. The molecule has 2 amide bonds. The highest BCUT2D eigenvalue weighted by molar-refractivity contribution is 9.10. The molecule has 3 rings (SSSR count). The summed E-state index contributed by atoms with van der Waals surface area (Å²) in [6, 6.07) is 6.81. The quantitative estimate of drug-likeness (QED) is 0.562. The molecule has 1 aromatic carbocycles. The summed E-state index contributed by atoms with van der Waals surface area (Å²) in [6.45, 7) is 4.68. The van der Waals surface area contributed by atoms with Gasteiger partial charge in [-0.3, -0.25) is 4.79 Å². The maximum Gasteiger partial charge on any atom is 0.405 e. The van der Waals surface area contributed by atoms with E-state index in [0.717, 1.165) is 15.7 Å². The number of ether oxygens (including phenoxy) is 1. The number of nitrogens with one attached hydrogen (secondary N) is 2. The molecule has 2 aromatic rings. The van der Waals surface area contributed by atoms with Gasteiger partial charge in [0, 0.05) is 24.0 Å². The number of H-pyrrole nitrogens is 1. The Bertz CT molecular complexity index is 883. The Balaban J connectivity index is 1.87. The second kappa shape index (κ2) is 9.61. The number of carbonyl (C=O) groups is 2. The van der Waals surface area contributed by atoms with E-state index in [1.807, 2.05) is 38.1 Å². The van der Waals surface area contributed by atoms with E-state index in [1.165, 1.54) is 0 Å². The largest absolute Gasteiger partial charge is 0.465 e. The number of likely N-dealkylation sites (tertiary alicyclic amines) is 1. The Kier molecular flexibility index (Phi) is 7.14. The molecule has 8 nitrogen and oxygen atoms in total. The van der Waals surface area contributed by atoms with Gasteiger partial charge in [-0.2, -0.15) is 0 Å². The molecule has 3 N–H and O–H groups in total. The van der Waals surface area contributed by atoms with Gasteiger partial charge in [0.2, 0.25) is 5.91 Å².